The molecule has 0 aliphatic carbocycles. The molecule has 2 N–H and O–H groups in total. The maximum Gasteiger partial charge on any atom is 0.269 e. The van der Waals surface area contributed by atoms with Gasteiger partial charge in [0.25, 0.3) is 5.91 Å². The summed E-state index contributed by atoms with van der Waals surface area (Å²) in [4.78, 5) is 12.3. The fourth-order valence-corrected chi connectivity index (χ4v) is 2.69. The Labute approximate surface area is 140 Å². The van der Waals surface area contributed by atoms with Crippen molar-refractivity contribution in [2.24, 2.45) is 7.05 Å². The first-order valence-corrected chi connectivity index (χ1v) is 7.85. The van der Waals surface area contributed by atoms with Crippen LogP contribution in [0.2, 0.25) is 0 Å². The van der Waals surface area contributed by atoms with Crippen LogP contribution in [-0.4, -0.2) is 25.9 Å². The molecule has 0 spiro atoms. The number of hydrogen-bond donors (Lipinski definition) is 2. The molecule has 0 aliphatic rings. The van der Waals surface area contributed by atoms with Crippen molar-refractivity contribution < 1.29 is 4.79 Å². The third-order valence-electron chi connectivity index (χ3n) is 4.16. The number of aryl methyl sites for hydroxylation is 3. The highest BCUT2D eigenvalue weighted by Crippen LogP contribution is 2.25. The lowest BCUT2D eigenvalue weighted by Crippen LogP contribution is -2.23. The summed E-state index contributed by atoms with van der Waals surface area (Å²) >= 11 is 0. The molecule has 2 aromatic heterocycles. The Kier molecular flexibility index (Phi) is 4.20. The molecule has 0 radical (unpaired) electrons. The van der Waals surface area contributed by atoms with E-state index in [0.717, 1.165) is 28.2 Å². The van der Waals surface area contributed by atoms with Gasteiger partial charge < -0.3 is 5.32 Å². The van der Waals surface area contributed by atoms with Crippen LogP contribution in [0.4, 0.5) is 0 Å². The normalized spacial score (nSPS) is 10.8. The van der Waals surface area contributed by atoms with Gasteiger partial charge in [0.05, 0.1) is 11.4 Å². The lowest BCUT2D eigenvalue weighted by Gasteiger charge is -2.04. The minimum absolute atomic E-state index is 0.173. The molecule has 0 saturated heterocycles. The molecule has 24 heavy (non-hydrogen) atoms. The van der Waals surface area contributed by atoms with Crippen LogP contribution in [0.25, 0.3) is 11.3 Å². The van der Waals surface area contributed by atoms with Gasteiger partial charge >= 0.3 is 0 Å². The number of hydrogen-bond acceptors (Lipinski definition) is 3. The Balaban J connectivity index is 1.73. The highest BCUT2D eigenvalue weighted by Gasteiger charge is 2.17. The van der Waals surface area contributed by atoms with E-state index in [-0.39, 0.29) is 5.91 Å². The van der Waals surface area contributed by atoms with E-state index in [4.69, 9.17) is 0 Å². The number of benzene rings is 1. The quantitative estimate of drug-likeness (QED) is 0.775. The van der Waals surface area contributed by atoms with Crippen LogP contribution < -0.4 is 5.32 Å². The summed E-state index contributed by atoms with van der Waals surface area (Å²) in [5.74, 6) is -0.173. The lowest BCUT2D eigenvalue weighted by molar-refractivity contribution is 0.0946. The second kappa shape index (κ2) is 6.31. The minimum atomic E-state index is -0.173. The third-order valence-corrected chi connectivity index (χ3v) is 4.16. The standard InChI is InChI=1S/C18H21N5O/c1-11-5-7-14(8-6-11)10-19-18(24)16-9-15(20-21-16)17-12(2)22-23(4)13(17)3/h5-9H,10H2,1-4H3,(H,19,24)(H,20,21). The molecule has 3 rings (SSSR count). The van der Waals surface area contributed by atoms with Gasteiger partial charge in [-0.2, -0.15) is 10.2 Å². The molecule has 0 aliphatic heterocycles. The van der Waals surface area contributed by atoms with E-state index in [0.29, 0.717) is 12.2 Å². The van der Waals surface area contributed by atoms with Gasteiger partial charge in [-0.1, -0.05) is 29.8 Å². The van der Waals surface area contributed by atoms with Crippen molar-refractivity contribution in [1.82, 2.24) is 25.3 Å². The van der Waals surface area contributed by atoms with Gasteiger partial charge in [-0.15, -0.1) is 0 Å². The fourth-order valence-electron chi connectivity index (χ4n) is 2.69. The van der Waals surface area contributed by atoms with Crippen molar-refractivity contribution in [3.05, 3.63) is 58.5 Å². The van der Waals surface area contributed by atoms with E-state index in [1.54, 1.807) is 6.07 Å². The smallest absolute Gasteiger partial charge is 0.269 e. The van der Waals surface area contributed by atoms with E-state index in [2.05, 4.69) is 20.6 Å². The Bertz CT molecular complexity index is 873. The molecule has 6 heteroatoms. The number of aromatic nitrogens is 4. The Morgan fingerprint density at radius 3 is 2.54 bits per heavy atom. The first kappa shape index (κ1) is 16.0. The fraction of sp³-hybridized carbons (Fsp3) is 0.278. The van der Waals surface area contributed by atoms with Gasteiger partial charge in [0, 0.05) is 24.8 Å². The Hall–Kier alpha value is -2.89. The van der Waals surface area contributed by atoms with Crippen LogP contribution in [0.1, 0.15) is 33.0 Å². The van der Waals surface area contributed by atoms with Crippen LogP contribution in [0.5, 0.6) is 0 Å². The molecular weight excluding hydrogens is 302 g/mol. The van der Waals surface area contributed by atoms with E-state index >= 15 is 0 Å². The zero-order valence-electron chi connectivity index (χ0n) is 14.3. The second-order valence-electron chi connectivity index (χ2n) is 6.00. The molecule has 0 saturated carbocycles. The lowest BCUT2D eigenvalue weighted by atomic mass is 10.1. The van der Waals surface area contributed by atoms with Gasteiger partial charge in [0.15, 0.2) is 0 Å². The summed E-state index contributed by atoms with van der Waals surface area (Å²) in [5, 5.41) is 14.4. The number of amides is 1. The SMILES string of the molecule is Cc1ccc(CNC(=O)c2cc(-c3c(C)nn(C)c3C)n[nH]2)cc1. The highest BCUT2D eigenvalue weighted by molar-refractivity contribution is 5.93. The summed E-state index contributed by atoms with van der Waals surface area (Å²) in [6.45, 7) is 6.45. The largest absolute Gasteiger partial charge is 0.347 e. The first-order chi connectivity index (χ1) is 11.5. The number of nitrogens with zero attached hydrogens (tertiary/aromatic N) is 3. The number of carbonyl (C=O) groups excluding carboxylic acids is 1. The summed E-state index contributed by atoms with van der Waals surface area (Å²) in [6, 6.07) is 9.85. The van der Waals surface area contributed by atoms with Crippen molar-refractivity contribution in [2.45, 2.75) is 27.3 Å². The summed E-state index contributed by atoms with van der Waals surface area (Å²) in [6.07, 6.45) is 0. The molecule has 6 nitrogen and oxygen atoms in total. The molecular formula is C18H21N5O. The molecule has 0 unspecified atom stereocenters. The van der Waals surface area contributed by atoms with E-state index in [1.807, 2.05) is 56.8 Å². The number of aromatic amines is 1. The van der Waals surface area contributed by atoms with Gasteiger partial charge in [0.1, 0.15) is 5.69 Å². The zero-order chi connectivity index (χ0) is 17.3. The third kappa shape index (κ3) is 3.08. The average Bonchev–Trinajstić information content (AvgIpc) is 3.12. The monoisotopic (exact) mass is 323 g/mol. The van der Waals surface area contributed by atoms with Gasteiger partial charge in [0.2, 0.25) is 0 Å². The average molecular weight is 323 g/mol. The predicted molar refractivity (Wildman–Crippen MR) is 92.6 cm³/mol. The van der Waals surface area contributed by atoms with E-state index < -0.39 is 0 Å². The van der Waals surface area contributed by atoms with Crippen molar-refractivity contribution in [1.29, 1.82) is 0 Å². The van der Waals surface area contributed by atoms with E-state index in [9.17, 15) is 4.79 Å². The van der Waals surface area contributed by atoms with Crippen molar-refractivity contribution >= 4 is 5.91 Å². The number of rotatable bonds is 4. The number of H-pyrrole nitrogens is 1. The maximum atomic E-state index is 12.3. The van der Waals surface area contributed by atoms with Crippen molar-refractivity contribution in [2.75, 3.05) is 0 Å². The van der Waals surface area contributed by atoms with Crippen molar-refractivity contribution in [3.63, 3.8) is 0 Å². The second-order valence-corrected chi connectivity index (χ2v) is 6.00. The predicted octanol–water partition coefficient (Wildman–Crippen LogP) is 2.67. The Morgan fingerprint density at radius 2 is 1.92 bits per heavy atom. The molecule has 1 aromatic carbocycles. The van der Waals surface area contributed by atoms with Gasteiger partial charge in [-0.25, -0.2) is 0 Å². The summed E-state index contributed by atoms with van der Waals surface area (Å²) < 4.78 is 1.82. The number of carbonyl (C=O) groups is 1. The summed E-state index contributed by atoms with van der Waals surface area (Å²) in [5.41, 5.74) is 6.32. The Morgan fingerprint density at radius 1 is 1.21 bits per heavy atom. The maximum absolute atomic E-state index is 12.3. The molecule has 0 bridgehead atoms. The molecule has 2 heterocycles. The molecule has 0 atom stereocenters. The van der Waals surface area contributed by atoms with Crippen molar-refractivity contribution in [3.8, 4) is 11.3 Å². The van der Waals surface area contributed by atoms with Crippen LogP contribution in [0.15, 0.2) is 30.3 Å². The van der Waals surface area contributed by atoms with E-state index in [1.165, 1.54) is 5.56 Å². The van der Waals surface area contributed by atoms with Crippen LogP contribution in [0, 0.1) is 20.8 Å². The molecule has 3 aromatic rings. The van der Waals surface area contributed by atoms with Crippen LogP contribution in [0.3, 0.4) is 0 Å². The molecule has 124 valence electrons. The summed E-state index contributed by atoms with van der Waals surface area (Å²) in [7, 11) is 1.90. The highest BCUT2D eigenvalue weighted by atomic mass is 16.1. The van der Waals surface area contributed by atoms with Gasteiger partial charge in [-0.3, -0.25) is 14.6 Å². The van der Waals surface area contributed by atoms with Crippen LogP contribution >= 0.6 is 0 Å². The topological polar surface area (TPSA) is 75.6 Å². The minimum Gasteiger partial charge on any atom is -0.347 e. The zero-order valence-corrected chi connectivity index (χ0v) is 14.3. The number of nitrogens with one attached hydrogen (secondary N) is 2. The van der Waals surface area contributed by atoms with Crippen LogP contribution in [-0.2, 0) is 13.6 Å². The first-order valence-electron chi connectivity index (χ1n) is 7.85. The molecule has 0 fully saturated rings. The molecule has 1 amide bonds. The van der Waals surface area contributed by atoms with Gasteiger partial charge in [-0.05, 0) is 32.4 Å².